The van der Waals surface area contributed by atoms with E-state index in [1.807, 2.05) is 10.6 Å². The van der Waals surface area contributed by atoms with Crippen molar-refractivity contribution in [1.29, 1.82) is 0 Å². The van der Waals surface area contributed by atoms with E-state index in [4.69, 9.17) is 4.42 Å². The summed E-state index contributed by atoms with van der Waals surface area (Å²) in [6.45, 7) is 1.04. The number of carbonyl (C=O) groups excluding carboxylic acids is 1. The van der Waals surface area contributed by atoms with Gasteiger partial charge < -0.3 is 13.9 Å². The molecule has 0 unspecified atom stereocenters. The van der Waals surface area contributed by atoms with Crippen molar-refractivity contribution in [1.82, 2.24) is 14.5 Å². The molecule has 0 spiro atoms. The molecular formula is C23H24F3N3O2. The zero-order valence-electron chi connectivity index (χ0n) is 17.0. The maximum absolute atomic E-state index is 13.1. The predicted octanol–water partition coefficient (Wildman–Crippen LogP) is 5.26. The number of hydrogen-bond donors (Lipinski definition) is 0. The van der Waals surface area contributed by atoms with Gasteiger partial charge in [0.2, 0.25) is 5.91 Å². The van der Waals surface area contributed by atoms with Gasteiger partial charge in [-0.2, -0.15) is 13.2 Å². The van der Waals surface area contributed by atoms with Gasteiger partial charge in [0.15, 0.2) is 0 Å². The number of amides is 1. The molecule has 2 aromatic heterocycles. The molecule has 0 aliphatic heterocycles. The second kappa shape index (κ2) is 8.99. The van der Waals surface area contributed by atoms with Gasteiger partial charge >= 0.3 is 6.18 Å². The Morgan fingerprint density at radius 3 is 2.52 bits per heavy atom. The van der Waals surface area contributed by atoms with E-state index in [9.17, 15) is 18.0 Å². The molecule has 0 atom stereocenters. The number of imidazole rings is 1. The molecule has 1 aromatic carbocycles. The summed E-state index contributed by atoms with van der Waals surface area (Å²) in [4.78, 5) is 19.3. The van der Waals surface area contributed by atoms with E-state index in [1.165, 1.54) is 12.1 Å². The Morgan fingerprint density at radius 2 is 1.87 bits per heavy atom. The van der Waals surface area contributed by atoms with Crippen molar-refractivity contribution in [2.45, 2.75) is 51.5 Å². The number of benzene rings is 1. The van der Waals surface area contributed by atoms with Crippen LogP contribution in [-0.4, -0.2) is 20.4 Å². The van der Waals surface area contributed by atoms with Gasteiger partial charge in [-0.1, -0.05) is 25.0 Å². The number of aromatic nitrogens is 2. The highest BCUT2D eigenvalue weighted by atomic mass is 19.4. The first-order valence-corrected chi connectivity index (χ1v) is 10.4. The molecule has 5 nitrogen and oxygen atoms in total. The molecule has 0 N–H and O–H groups in total. The third-order valence-electron chi connectivity index (χ3n) is 5.71. The standard InChI is InChI=1S/C23H24F3N3O2/c24-23(25,26)19-9-7-17(8-10-19)14-28-12-11-27-21(28)16-29(15-20-6-3-13-31-20)22(30)18-4-1-2-5-18/h3,6-13,18H,1-2,4-5,14-16H2. The lowest BCUT2D eigenvalue weighted by atomic mass is 10.1. The Hall–Kier alpha value is -3.03. The van der Waals surface area contributed by atoms with Crippen molar-refractivity contribution in [2.75, 3.05) is 0 Å². The maximum Gasteiger partial charge on any atom is 0.416 e. The van der Waals surface area contributed by atoms with Gasteiger partial charge in [0.25, 0.3) is 0 Å². The van der Waals surface area contributed by atoms with E-state index in [-0.39, 0.29) is 11.8 Å². The topological polar surface area (TPSA) is 51.3 Å². The van der Waals surface area contributed by atoms with Crippen LogP contribution in [0.3, 0.4) is 0 Å². The van der Waals surface area contributed by atoms with Gasteiger partial charge in [0, 0.05) is 24.9 Å². The third-order valence-corrected chi connectivity index (χ3v) is 5.71. The summed E-state index contributed by atoms with van der Waals surface area (Å²) >= 11 is 0. The second-order valence-electron chi connectivity index (χ2n) is 7.92. The van der Waals surface area contributed by atoms with E-state index in [0.717, 1.165) is 43.4 Å². The summed E-state index contributed by atoms with van der Waals surface area (Å²) in [5.41, 5.74) is 0.0563. The van der Waals surface area contributed by atoms with Crippen LogP contribution >= 0.6 is 0 Å². The number of halogens is 3. The molecule has 8 heteroatoms. The smallest absolute Gasteiger partial charge is 0.416 e. The molecule has 1 saturated carbocycles. The minimum atomic E-state index is -4.36. The SMILES string of the molecule is O=C(C1CCCC1)N(Cc1ccco1)Cc1nccn1Cc1ccc(C(F)(F)F)cc1. The van der Waals surface area contributed by atoms with Gasteiger partial charge in [-0.3, -0.25) is 4.79 Å². The Morgan fingerprint density at radius 1 is 1.13 bits per heavy atom. The largest absolute Gasteiger partial charge is 0.467 e. The molecule has 3 aromatic rings. The molecule has 0 bridgehead atoms. The molecule has 1 aliphatic carbocycles. The Labute approximate surface area is 178 Å². The van der Waals surface area contributed by atoms with Gasteiger partial charge in [-0.15, -0.1) is 0 Å². The van der Waals surface area contributed by atoms with Crippen LogP contribution in [0.15, 0.2) is 59.5 Å². The van der Waals surface area contributed by atoms with Crippen molar-refractivity contribution in [3.05, 3.63) is 77.8 Å². The van der Waals surface area contributed by atoms with Crippen LogP contribution in [0.25, 0.3) is 0 Å². The van der Waals surface area contributed by atoms with Gasteiger partial charge in [0.1, 0.15) is 11.6 Å². The minimum absolute atomic E-state index is 0.0216. The van der Waals surface area contributed by atoms with Crippen LogP contribution in [-0.2, 0) is 30.6 Å². The van der Waals surface area contributed by atoms with E-state index >= 15 is 0 Å². The first-order valence-electron chi connectivity index (χ1n) is 10.4. The lowest BCUT2D eigenvalue weighted by Crippen LogP contribution is -2.35. The summed E-state index contributed by atoms with van der Waals surface area (Å²) in [6.07, 6.45) is 4.56. The molecule has 1 fully saturated rings. The van der Waals surface area contributed by atoms with Crippen molar-refractivity contribution >= 4 is 5.91 Å². The van der Waals surface area contributed by atoms with Gasteiger partial charge in [-0.25, -0.2) is 4.98 Å². The second-order valence-corrected chi connectivity index (χ2v) is 7.92. The molecule has 1 amide bonds. The fraction of sp³-hybridized carbons (Fsp3) is 0.391. The van der Waals surface area contributed by atoms with Gasteiger partial charge in [-0.05, 0) is 42.7 Å². The van der Waals surface area contributed by atoms with E-state index < -0.39 is 11.7 Å². The summed E-state index contributed by atoms with van der Waals surface area (Å²) < 4.78 is 45.7. The zero-order chi connectivity index (χ0) is 21.8. The maximum atomic E-state index is 13.1. The summed E-state index contributed by atoms with van der Waals surface area (Å²) in [5, 5.41) is 0. The molecule has 0 saturated heterocycles. The van der Waals surface area contributed by atoms with Gasteiger partial charge in [0.05, 0.1) is 24.9 Å². The van der Waals surface area contributed by atoms with Crippen molar-refractivity contribution < 1.29 is 22.4 Å². The summed E-state index contributed by atoms with van der Waals surface area (Å²) in [6, 6.07) is 8.73. The number of hydrogen-bond acceptors (Lipinski definition) is 3. The third kappa shape index (κ3) is 5.18. The molecule has 1 aliphatic rings. The molecule has 4 rings (SSSR count). The summed E-state index contributed by atoms with van der Waals surface area (Å²) in [7, 11) is 0. The average molecular weight is 431 g/mol. The fourth-order valence-corrected chi connectivity index (χ4v) is 4.04. The van der Waals surface area contributed by atoms with Crippen LogP contribution in [0.2, 0.25) is 0 Å². The highest BCUT2D eigenvalue weighted by Gasteiger charge is 2.30. The van der Waals surface area contributed by atoms with E-state index in [1.54, 1.807) is 29.6 Å². The molecular weight excluding hydrogens is 407 g/mol. The van der Waals surface area contributed by atoms with Crippen LogP contribution in [0, 0.1) is 5.92 Å². The Bertz CT molecular complexity index is 988. The Kier molecular flexibility index (Phi) is 6.15. The van der Waals surface area contributed by atoms with Crippen LogP contribution in [0.5, 0.6) is 0 Å². The summed E-state index contributed by atoms with van der Waals surface area (Å²) in [5.74, 6) is 1.50. The van der Waals surface area contributed by atoms with Crippen molar-refractivity contribution in [3.8, 4) is 0 Å². The lowest BCUT2D eigenvalue weighted by molar-refractivity contribution is -0.138. The van der Waals surface area contributed by atoms with Crippen LogP contribution < -0.4 is 0 Å². The zero-order valence-corrected chi connectivity index (χ0v) is 17.0. The highest BCUT2D eigenvalue weighted by Crippen LogP contribution is 2.30. The monoisotopic (exact) mass is 431 g/mol. The number of rotatable bonds is 7. The highest BCUT2D eigenvalue weighted by molar-refractivity contribution is 5.79. The quantitative estimate of drug-likeness (QED) is 0.513. The van der Waals surface area contributed by atoms with E-state index in [2.05, 4.69) is 4.98 Å². The predicted molar refractivity (Wildman–Crippen MR) is 108 cm³/mol. The van der Waals surface area contributed by atoms with Crippen LogP contribution in [0.1, 0.15) is 48.4 Å². The first kappa shape index (κ1) is 21.2. The normalized spacial score (nSPS) is 14.8. The number of nitrogens with zero attached hydrogens (tertiary/aromatic N) is 3. The number of furan rings is 1. The number of alkyl halides is 3. The number of carbonyl (C=O) groups is 1. The molecule has 0 radical (unpaired) electrons. The minimum Gasteiger partial charge on any atom is -0.467 e. The molecule has 31 heavy (non-hydrogen) atoms. The molecule has 164 valence electrons. The van der Waals surface area contributed by atoms with Crippen molar-refractivity contribution in [3.63, 3.8) is 0 Å². The van der Waals surface area contributed by atoms with Crippen molar-refractivity contribution in [2.24, 2.45) is 5.92 Å². The van der Waals surface area contributed by atoms with Crippen LogP contribution in [0.4, 0.5) is 13.2 Å². The lowest BCUT2D eigenvalue weighted by Gasteiger charge is -2.25. The average Bonchev–Trinajstić information content (AvgIpc) is 3.51. The fourth-order valence-electron chi connectivity index (χ4n) is 4.04. The molecule has 2 heterocycles. The first-order chi connectivity index (χ1) is 14.9. The Balaban J connectivity index is 1.50. The van der Waals surface area contributed by atoms with E-state index in [0.29, 0.717) is 31.2 Å².